The molecule has 0 saturated carbocycles. The molecule has 150 valence electrons. The largest absolute Gasteiger partial charge is 0.489 e. The molecular formula is C24H27N2O3+. The Hall–Kier alpha value is -3.05. The maximum atomic E-state index is 12.6. The minimum atomic E-state index is -0.0596. The number of carbonyl (C=O) groups is 1. The Morgan fingerprint density at radius 1 is 1.00 bits per heavy atom. The van der Waals surface area contributed by atoms with E-state index in [2.05, 4.69) is 5.32 Å². The first-order chi connectivity index (χ1) is 14.3. The van der Waals surface area contributed by atoms with Crippen molar-refractivity contribution in [1.29, 1.82) is 0 Å². The van der Waals surface area contributed by atoms with E-state index in [-0.39, 0.29) is 11.9 Å². The van der Waals surface area contributed by atoms with E-state index >= 15 is 0 Å². The first kappa shape index (κ1) is 19.3. The Morgan fingerprint density at radius 3 is 2.45 bits per heavy atom. The molecule has 0 radical (unpaired) electrons. The highest BCUT2D eigenvalue weighted by atomic mass is 16.5. The van der Waals surface area contributed by atoms with Crippen LogP contribution in [0.25, 0.3) is 0 Å². The second-order valence-electron chi connectivity index (χ2n) is 7.44. The van der Waals surface area contributed by atoms with Crippen LogP contribution in [0.5, 0.6) is 5.75 Å². The van der Waals surface area contributed by atoms with E-state index in [1.54, 1.807) is 6.26 Å². The maximum absolute atomic E-state index is 12.6. The Bertz CT molecular complexity index is 886. The lowest BCUT2D eigenvalue weighted by Crippen LogP contribution is -3.11. The van der Waals surface area contributed by atoms with Gasteiger partial charge in [-0.05, 0) is 42.0 Å². The SMILES string of the molecule is O=C(NC[C@H](c1ccco1)[NH+]1CCCC1)c1ccc(COc2ccccc2)cc1. The lowest BCUT2D eigenvalue weighted by atomic mass is 10.1. The van der Waals surface area contributed by atoms with E-state index in [1.807, 2.05) is 66.7 Å². The van der Waals surface area contributed by atoms with E-state index in [1.165, 1.54) is 17.7 Å². The minimum absolute atomic E-state index is 0.0596. The van der Waals surface area contributed by atoms with Crippen LogP contribution < -0.4 is 15.0 Å². The molecule has 1 fully saturated rings. The summed E-state index contributed by atoms with van der Waals surface area (Å²) in [4.78, 5) is 14.1. The molecule has 5 heteroatoms. The summed E-state index contributed by atoms with van der Waals surface area (Å²) in [6, 6.07) is 21.4. The average molecular weight is 391 g/mol. The fourth-order valence-electron chi connectivity index (χ4n) is 3.85. The van der Waals surface area contributed by atoms with Crippen LogP contribution >= 0.6 is 0 Å². The highest BCUT2D eigenvalue weighted by Crippen LogP contribution is 2.14. The number of amides is 1. The fourth-order valence-corrected chi connectivity index (χ4v) is 3.85. The van der Waals surface area contributed by atoms with Crippen molar-refractivity contribution in [1.82, 2.24) is 5.32 Å². The zero-order valence-electron chi connectivity index (χ0n) is 16.5. The van der Waals surface area contributed by atoms with Gasteiger partial charge in [0.25, 0.3) is 5.91 Å². The number of ether oxygens (including phenoxy) is 1. The highest BCUT2D eigenvalue weighted by molar-refractivity contribution is 5.94. The number of hydrogen-bond acceptors (Lipinski definition) is 3. The lowest BCUT2D eigenvalue weighted by Gasteiger charge is -2.23. The molecule has 0 aliphatic carbocycles. The molecule has 1 amide bonds. The Kier molecular flexibility index (Phi) is 6.27. The van der Waals surface area contributed by atoms with Crippen LogP contribution in [-0.4, -0.2) is 25.5 Å². The quantitative estimate of drug-likeness (QED) is 0.621. The summed E-state index contributed by atoms with van der Waals surface area (Å²) >= 11 is 0. The van der Waals surface area contributed by atoms with Crippen molar-refractivity contribution >= 4 is 5.91 Å². The number of carbonyl (C=O) groups excluding carboxylic acids is 1. The van der Waals surface area contributed by atoms with Gasteiger partial charge in [-0.3, -0.25) is 4.79 Å². The Labute approximate surface area is 171 Å². The van der Waals surface area contributed by atoms with Crippen LogP contribution in [0.2, 0.25) is 0 Å². The highest BCUT2D eigenvalue weighted by Gasteiger charge is 2.29. The molecule has 4 rings (SSSR count). The number of quaternary nitrogens is 1. The number of rotatable bonds is 8. The zero-order chi connectivity index (χ0) is 19.9. The molecule has 2 N–H and O–H groups in total. The molecule has 1 aliphatic heterocycles. The van der Waals surface area contributed by atoms with Gasteiger partial charge in [0.2, 0.25) is 0 Å². The Morgan fingerprint density at radius 2 is 1.76 bits per heavy atom. The second-order valence-corrected chi connectivity index (χ2v) is 7.44. The third-order valence-electron chi connectivity index (χ3n) is 5.46. The molecule has 5 nitrogen and oxygen atoms in total. The summed E-state index contributed by atoms with van der Waals surface area (Å²) in [7, 11) is 0. The van der Waals surface area contributed by atoms with E-state index in [4.69, 9.17) is 9.15 Å². The molecule has 0 bridgehead atoms. The van der Waals surface area contributed by atoms with Crippen molar-refractivity contribution in [2.24, 2.45) is 0 Å². The van der Waals surface area contributed by atoms with Crippen LogP contribution in [0.1, 0.15) is 40.6 Å². The van der Waals surface area contributed by atoms with Gasteiger partial charge in [-0.25, -0.2) is 0 Å². The smallest absolute Gasteiger partial charge is 0.251 e. The van der Waals surface area contributed by atoms with Gasteiger partial charge >= 0.3 is 0 Å². The summed E-state index contributed by atoms with van der Waals surface area (Å²) < 4.78 is 11.4. The summed E-state index contributed by atoms with van der Waals surface area (Å²) in [6.07, 6.45) is 4.16. The second kappa shape index (κ2) is 9.43. The van der Waals surface area contributed by atoms with Crippen molar-refractivity contribution in [2.45, 2.75) is 25.5 Å². The molecule has 1 aliphatic rings. The van der Waals surface area contributed by atoms with Crippen molar-refractivity contribution in [3.8, 4) is 5.75 Å². The van der Waals surface area contributed by atoms with Gasteiger partial charge in [-0.2, -0.15) is 0 Å². The monoisotopic (exact) mass is 391 g/mol. The molecule has 2 heterocycles. The van der Waals surface area contributed by atoms with Gasteiger partial charge in [0.1, 0.15) is 12.4 Å². The van der Waals surface area contributed by atoms with Crippen molar-refractivity contribution < 1.29 is 18.8 Å². The van der Waals surface area contributed by atoms with Gasteiger partial charge in [0.05, 0.1) is 25.9 Å². The van der Waals surface area contributed by atoms with Gasteiger partial charge < -0.3 is 19.4 Å². The van der Waals surface area contributed by atoms with Crippen LogP contribution in [0.3, 0.4) is 0 Å². The van der Waals surface area contributed by atoms with Gasteiger partial charge in [0.15, 0.2) is 11.8 Å². The number of nitrogens with one attached hydrogen (secondary N) is 2. The number of likely N-dealkylation sites (tertiary alicyclic amines) is 1. The number of benzene rings is 2. The average Bonchev–Trinajstić information content (AvgIpc) is 3.48. The van der Waals surface area contributed by atoms with E-state index in [0.717, 1.165) is 30.2 Å². The summed E-state index contributed by atoms with van der Waals surface area (Å²) in [6.45, 7) is 3.29. The molecule has 1 aromatic heterocycles. The molecular weight excluding hydrogens is 364 g/mol. The summed E-state index contributed by atoms with van der Waals surface area (Å²) in [5.41, 5.74) is 1.68. The normalized spacial score (nSPS) is 15.2. The predicted molar refractivity (Wildman–Crippen MR) is 111 cm³/mol. The van der Waals surface area contributed by atoms with Gasteiger partial charge in [-0.15, -0.1) is 0 Å². The zero-order valence-corrected chi connectivity index (χ0v) is 16.5. The van der Waals surface area contributed by atoms with E-state index in [9.17, 15) is 4.79 Å². The maximum Gasteiger partial charge on any atom is 0.251 e. The third kappa shape index (κ3) is 5.06. The lowest BCUT2D eigenvalue weighted by molar-refractivity contribution is -0.919. The van der Waals surface area contributed by atoms with Crippen molar-refractivity contribution in [3.63, 3.8) is 0 Å². The molecule has 0 spiro atoms. The molecule has 0 unspecified atom stereocenters. The van der Waals surface area contributed by atoms with Crippen LogP contribution in [0.4, 0.5) is 0 Å². The topological polar surface area (TPSA) is 55.9 Å². The molecule has 1 atom stereocenters. The van der Waals surface area contributed by atoms with Crippen LogP contribution in [0, 0.1) is 0 Å². The van der Waals surface area contributed by atoms with Crippen molar-refractivity contribution in [2.75, 3.05) is 19.6 Å². The summed E-state index contributed by atoms with van der Waals surface area (Å²) in [5.74, 6) is 1.72. The molecule has 29 heavy (non-hydrogen) atoms. The number of para-hydroxylation sites is 1. The first-order valence-electron chi connectivity index (χ1n) is 10.2. The standard InChI is InChI=1S/C24H26N2O3/c27-24(25-17-22(23-9-6-16-28-23)26-14-4-5-15-26)20-12-10-19(11-13-20)18-29-21-7-2-1-3-8-21/h1-3,6-13,16,22H,4-5,14-15,17-18H2,(H,25,27)/p+1/t22-/m1/s1. The van der Waals surface area contributed by atoms with Crippen LogP contribution in [-0.2, 0) is 6.61 Å². The fraction of sp³-hybridized carbons (Fsp3) is 0.292. The van der Waals surface area contributed by atoms with E-state index in [0.29, 0.717) is 18.7 Å². The van der Waals surface area contributed by atoms with Gasteiger partial charge in [-0.1, -0.05) is 30.3 Å². The van der Waals surface area contributed by atoms with Crippen molar-refractivity contribution in [3.05, 3.63) is 89.9 Å². The minimum Gasteiger partial charge on any atom is -0.489 e. The number of hydrogen-bond donors (Lipinski definition) is 2. The molecule has 1 saturated heterocycles. The van der Waals surface area contributed by atoms with Gasteiger partial charge in [0, 0.05) is 18.4 Å². The molecule has 2 aromatic carbocycles. The third-order valence-corrected chi connectivity index (χ3v) is 5.46. The molecule has 3 aromatic rings. The predicted octanol–water partition coefficient (Wildman–Crippen LogP) is 3.01. The first-order valence-corrected chi connectivity index (χ1v) is 10.2. The summed E-state index contributed by atoms with van der Waals surface area (Å²) in [5, 5.41) is 3.09. The van der Waals surface area contributed by atoms with Crippen LogP contribution in [0.15, 0.2) is 77.4 Å². The van der Waals surface area contributed by atoms with E-state index < -0.39 is 0 Å². The Balaban J connectivity index is 1.33. The number of furan rings is 1.